The number of hydrogen-bond acceptors (Lipinski definition) is 3. The quantitative estimate of drug-likeness (QED) is 0.867. The summed E-state index contributed by atoms with van der Waals surface area (Å²) in [6, 6.07) is 11.9. The van der Waals surface area contributed by atoms with E-state index in [1.54, 1.807) is 0 Å². The number of hydrogen-bond donors (Lipinski definition) is 1. The minimum absolute atomic E-state index is 0.0748. The van der Waals surface area contributed by atoms with Gasteiger partial charge in [-0.2, -0.15) is 0 Å². The average molecular weight is 392 g/mol. The largest absolute Gasteiger partial charge is 0.350 e. The zero-order valence-corrected chi connectivity index (χ0v) is 17.5. The fourth-order valence-corrected chi connectivity index (χ4v) is 4.71. The van der Waals surface area contributed by atoms with Gasteiger partial charge >= 0.3 is 0 Å². The number of likely N-dealkylation sites (tertiary alicyclic amines) is 1. The summed E-state index contributed by atoms with van der Waals surface area (Å²) in [5, 5.41) is 3.05. The van der Waals surface area contributed by atoms with Crippen LogP contribution in [0.1, 0.15) is 52.1 Å². The zero-order chi connectivity index (χ0) is 20.6. The first-order valence-corrected chi connectivity index (χ1v) is 10.4. The topological polar surface area (TPSA) is 62.3 Å². The van der Waals surface area contributed by atoms with Crippen molar-refractivity contribution in [1.82, 2.24) is 15.2 Å². The van der Waals surface area contributed by atoms with Crippen LogP contribution in [-0.2, 0) is 11.3 Å². The van der Waals surface area contributed by atoms with Gasteiger partial charge in [-0.05, 0) is 69.7 Å². The van der Waals surface area contributed by atoms with Crippen molar-refractivity contribution >= 4 is 11.8 Å². The van der Waals surface area contributed by atoms with Crippen LogP contribution in [0, 0.1) is 32.1 Å². The maximum atomic E-state index is 12.9. The van der Waals surface area contributed by atoms with Crippen molar-refractivity contribution in [2.75, 3.05) is 13.1 Å². The number of nitrogens with one attached hydrogen (secondary N) is 1. The standard InChI is InChI=1S/C24H29N3O2/c1-16-11-17(2)13-19(12-16)23(29)27-9-7-24(8-10-27)14-21(24)22(28)25-15-20-6-4-5-18(3)26-20/h4-6,11-13,21H,7-10,14-15H2,1-3H3,(H,25,28)/t21-/m0/s1. The van der Waals surface area contributed by atoms with Crippen molar-refractivity contribution in [2.45, 2.75) is 46.6 Å². The number of amides is 2. The van der Waals surface area contributed by atoms with Crippen LogP contribution in [0.3, 0.4) is 0 Å². The first-order valence-electron chi connectivity index (χ1n) is 10.4. The lowest BCUT2D eigenvalue weighted by molar-refractivity contribution is -0.123. The third-order valence-corrected chi connectivity index (χ3v) is 6.41. The third-order valence-electron chi connectivity index (χ3n) is 6.41. The van der Waals surface area contributed by atoms with Crippen molar-refractivity contribution in [3.05, 3.63) is 64.5 Å². The molecule has 1 atom stereocenters. The van der Waals surface area contributed by atoms with E-state index in [0.717, 1.165) is 60.4 Å². The van der Waals surface area contributed by atoms with E-state index in [2.05, 4.69) is 16.4 Å². The molecule has 0 bridgehead atoms. The van der Waals surface area contributed by atoms with Gasteiger partial charge in [-0.25, -0.2) is 0 Å². The van der Waals surface area contributed by atoms with E-state index >= 15 is 0 Å². The Morgan fingerprint density at radius 1 is 1.10 bits per heavy atom. The number of nitrogens with zero attached hydrogens (tertiary/aromatic N) is 2. The van der Waals surface area contributed by atoms with Crippen LogP contribution >= 0.6 is 0 Å². The molecule has 1 aliphatic carbocycles. The molecule has 2 aliphatic rings. The molecule has 29 heavy (non-hydrogen) atoms. The number of carbonyl (C=O) groups is 2. The number of aryl methyl sites for hydroxylation is 3. The molecule has 5 heteroatoms. The van der Waals surface area contributed by atoms with E-state index in [1.165, 1.54) is 0 Å². The number of carbonyl (C=O) groups excluding carboxylic acids is 2. The highest BCUT2D eigenvalue weighted by Crippen LogP contribution is 2.59. The highest BCUT2D eigenvalue weighted by atomic mass is 16.2. The third kappa shape index (κ3) is 4.19. The number of pyridine rings is 1. The van der Waals surface area contributed by atoms with Gasteiger partial charge in [0.1, 0.15) is 0 Å². The molecule has 1 aromatic heterocycles. The lowest BCUT2D eigenvalue weighted by Crippen LogP contribution is -2.40. The molecule has 1 saturated carbocycles. The Hall–Kier alpha value is -2.69. The molecule has 2 amide bonds. The molecule has 2 heterocycles. The summed E-state index contributed by atoms with van der Waals surface area (Å²) >= 11 is 0. The van der Waals surface area contributed by atoms with Crippen LogP contribution in [0.25, 0.3) is 0 Å². The Balaban J connectivity index is 1.30. The summed E-state index contributed by atoms with van der Waals surface area (Å²) in [5.41, 5.74) is 4.94. The summed E-state index contributed by atoms with van der Waals surface area (Å²) < 4.78 is 0. The van der Waals surface area contributed by atoms with Crippen molar-refractivity contribution in [1.29, 1.82) is 0 Å². The smallest absolute Gasteiger partial charge is 0.253 e. The monoisotopic (exact) mass is 391 g/mol. The van der Waals surface area contributed by atoms with E-state index in [1.807, 2.05) is 56.0 Å². The van der Waals surface area contributed by atoms with Crippen molar-refractivity contribution < 1.29 is 9.59 Å². The first-order chi connectivity index (χ1) is 13.9. The maximum absolute atomic E-state index is 12.9. The molecule has 5 nitrogen and oxygen atoms in total. The summed E-state index contributed by atoms with van der Waals surface area (Å²) in [6.07, 6.45) is 2.75. The van der Waals surface area contributed by atoms with E-state index < -0.39 is 0 Å². The molecule has 1 spiro atoms. The van der Waals surface area contributed by atoms with E-state index in [9.17, 15) is 9.59 Å². The molecule has 2 aromatic rings. The molecule has 4 rings (SSSR count). The SMILES string of the molecule is Cc1cc(C)cc(C(=O)N2CCC3(CC2)C[C@H]3C(=O)NCc2cccc(C)n2)c1. The summed E-state index contributed by atoms with van der Waals surface area (Å²) in [4.78, 5) is 31.9. The number of benzene rings is 1. The highest BCUT2D eigenvalue weighted by molar-refractivity contribution is 5.94. The van der Waals surface area contributed by atoms with Gasteiger partial charge in [0.15, 0.2) is 0 Å². The van der Waals surface area contributed by atoms with Crippen LogP contribution in [0.2, 0.25) is 0 Å². The molecule has 1 N–H and O–H groups in total. The highest BCUT2D eigenvalue weighted by Gasteiger charge is 2.58. The summed E-state index contributed by atoms with van der Waals surface area (Å²) in [5.74, 6) is 0.312. The molecular formula is C24H29N3O2. The van der Waals surface area contributed by atoms with Crippen molar-refractivity contribution in [3.63, 3.8) is 0 Å². The molecule has 1 aromatic carbocycles. The average Bonchev–Trinajstić information content (AvgIpc) is 3.39. The van der Waals surface area contributed by atoms with Crippen LogP contribution in [-0.4, -0.2) is 34.8 Å². The fourth-order valence-electron chi connectivity index (χ4n) is 4.71. The predicted molar refractivity (Wildman–Crippen MR) is 112 cm³/mol. The van der Waals surface area contributed by atoms with Gasteiger partial charge in [0.25, 0.3) is 5.91 Å². The van der Waals surface area contributed by atoms with Gasteiger partial charge < -0.3 is 10.2 Å². The van der Waals surface area contributed by atoms with E-state index in [-0.39, 0.29) is 23.1 Å². The molecule has 1 saturated heterocycles. The van der Waals surface area contributed by atoms with Gasteiger partial charge in [-0.1, -0.05) is 23.3 Å². The minimum Gasteiger partial charge on any atom is -0.350 e. The molecule has 1 aliphatic heterocycles. The zero-order valence-electron chi connectivity index (χ0n) is 17.5. The van der Waals surface area contributed by atoms with Gasteiger partial charge in [0, 0.05) is 30.3 Å². The van der Waals surface area contributed by atoms with Crippen LogP contribution in [0.5, 0.6) is 0 Å². The molecule has 0 radical (unpaired) electrons. The molecule has 152 valence electrons. The Kier molecular flexibility index (Phi) is 5.15. The Labute approximate surface area is 172 Å². The van der Waals surface area contributed by atoms with Crippen LogP contribution in [0.15, 0.2) is 36.4 Å². The Morgan fingerprint density at radius 2 is 1.79 bits per heavy atom. The second-order valence-corrected chi connectivity index (χ2v) is 8.78. The molecule has 2 fully saturated rings. The Bertz CT molecular complexity index is 925. The van der Waals surface area contributed by atoms with Crippen LogP contribution in [0.4, 0.5) is 0 Å². The second kappa shape index (κ2) is 7.62. The summed E-state index contributed by atoms with van der Waals surface area (Å²) in [6.45, 7) is 7.94. The fraction of sp³-hybridized carbons (Fsp3) is 0.458. The van der Waals surface area contributed by atoms with E-state index in [4.69, 9.17) is 0 Å². The normalized spacial score (nSPS) is 19.8. The van der Waals surface area contributed by atoms with Gasteiger partial charge in [0.05, 0.1) is 12.2 Å². The number of aromatic nitrogens is 1. The van der Waals surface area contributed by atoms with Crippen molar-refractivity contribution in [3.8, 4) is 0 Å². The Morgan fingerprint density at radius 3 is 2.45 bits per heavy atom. The predicted octanol–water partition coefficient (Wildman–Crippen LogP) is 3.57. The van der Waals surface area contributed by atoms with Gasteiger partial charge in [-0.3, -0.25) is 14.6 Å². The first kappa shape index (κ1) is 19.6. The number of rotatable bonds is 4. The van der Waals surface area contributed by atoms with Gasteiger partial charge in [0.2, 0.25) is 5.91 Å². The lowest BCUT2D eigenvalue weighted by Gasteiger charge is -2.33. The minimum atomic E-state index is 0.0748. The molecular weight excluding hydrogens is 362 g/mol. The number of piperidine rings is 1. The van der Waals surface area contributed by atoms with Crippen LogP contribution < -0.4 is 5.32 Å². The van der Waals surface area contributed by atoms with Crippen molar-refractivity contribution in [2.24, 2.45) is 11.3 Å². The second-order valence-electron chi connectivity index (χ2n) is 8.78. The van der Waals surface area contributed by atoms with Gasteiger partial charge in [-0.15, -0.1) is 0 Å². The summed E-state index contributed by atoms with van der Waals surface area (Å²) in [7, 11) is 0. The van der Waals surface area contributed by atoms with E-state index in [0.29, 0.717) is 6.54 Å². The lowest BCUT2D eigenvalue weighted by atomic mass is 9.90. The maximum Gasteiger partial charge on any atom is 0.253 e. The molecule has 0 unspecified atom stereocenters.